The Morgan fingerprint density at radius 2 is 2.11 bits per heavy atom. The van der Waals surface area contributed by atoms with Gasteiger partial charge in [0, 0.05) is 7.11 Å². The van der Waals surface area contributed by atoms with Gasteiger partial charge in [0.05, 0.1) is 12.2 Å². The van der Waals surface area contributed by atoms with Crippen LogP contribution in [0.15, 0.2) is 24.3 Å². The molecule has 0 spiro atoms. The van der Waals surface area contributed by atoms with Gasteiger partial charge < -0.3 is 14.2 Å². The Labute approximate surface area is 107 Å². The monoisotopic (exact) mass is 248 g/mol. The van der Waals surface area contributed by atoms with Crippen molar-refractivity contribution < 1.29 is 19.0 Å². The Morgan fingerprint density at radius 1 is 1.33 bits per heavy atom. The molecule has 0 saturated heterocycles. The molecule has 0 unspecified atom stereocenters. The lowest BCUT2D eigenvalue weighted by Gasteiger charge is -2.07. The van der Waals surface area contributed by atoms with Crippen molar-refractivity contribution in [3.8, 4) is 17.6 Å². The maximum absolute atomic E-state index is 11.2. The lowest BCUT2D eigenvalue weighted by atomic mass is 10.2. The highest BCUT2D eigenvalue weighted by molar-refractivity contribution is 5.71. The molecular formula is C14H16O4. The van der Waals surface area contributed by atoms with Crippen LogP contribution in [0.3, 0.4) is 0 Å². The van der Waals surface area contributed by atoms with Crippen molar-refractivity contribution in [2.24, 2.45) is 0 Å². The largest absolute Gasteiger partial charge is 0.481 e. The number of rotatable bonds is 5. The van der Waals surface area contributed by atoms with Gasteiger partial charge in [0.25, 0.3) is 0 Å². The van der Waals surface area contributed by atoms with E-state index in [-0.39, 0.29) is 6.61 Å². The van der Waals surface area contributed by atoms with Crippen molar-refractivity contribution in [1.82, 2.24) is 0 Å². The molecule has 18 heavy (non-hydrogen) atoms. The fourth-order valence-electron chi connectivity index (χ4n) is 1.24. The van der Waals surface area contributed by atoms with E-state index in [0.29, 0.717) is 19.0 Å². The van der Waals surface area contributed by atoms with Gasteiger partial charge in [-0.1, -0.05) is 24.0 Å². The minimum atomic E-state index is -0.392. The fraction of sp³-hybridized carbons (Fsp3) is 0.357. The van der Waals surface area contributed by atoms with Crippen molar-refractivity contribution in [3.63, 3.8) is 0 Å². The van der Waals surface area contributed by atoms with Gasteiger partial charge in [-0.3, -0.25) is 0 Å². The molecule has 1 aromatic rings. The highest BCUT2D eigenvalue weighted by Gasteiger charge is 2.05. The minimum Gasteiger partial charge on any atom is -0.481 e. The van der Waals surface area contributed by atoms with Gasteiger partial charge in [-0.15, -0.1) is 0 Å². The molecule has 0 saturated carbocycles. The van der Waals surface area contributed by atoms with Crippen LogP contribution in [0.5, 0.6) is 5.75 Å². The van der Waals surface area contributed by atoms with E-state index in [1.54, 1.807) is 20.1 Å². The Hall–Kier alpha value is -1.99. The van der Waals surface area contributed by atoms with E-state index >= 15 is 0 Å². The molecule has 1 rings (SSSR count). The second-order valence-corrected chi connectivity index (χ2v) is 3.32. The number of methoxy groups -OCH3 is 1. The minimum absolute atomic E-state index is 0.114. The topological polar surface area (TPSA) is 44.8 Å². The zero-order chi connectivity index (χ0) is 13.2. The summed E-state index contributed by atoms with van der Waals surface area (Å²) >= 11 is 0. The second kappa shape index (κ2) is 8.15. The lowest BCUT2D eigenvalue weighted by Crippen LogP contribution is -2.14. The summed E-state index contributed by atoms with van der Waals surface area (Å²) in [6.07, 6.45) is 0. The van der Waals surface area contributed by atoms with Gasteiger partial charge in [-0.2, -0.15) is 0 Å². The van der Waals surface area contributed by atoms with E-state index < -0.39 is 5.97 Å². The Balaban J connectivity index is 2.65. The van der Waals surface area contributed by atoms with Crippen molar-refractivity contribution >= 4 is 5.97 Å². The van der Waals surface area contributed by atoms with Crippen LogP contribution in [0, 0.1) is 11.8 Å². The first-order valence-corrected chi connectivity index (χ1v) is 5.63. The Kier molecular flexibility index (Phi) is 6.37. The van der Waals surface area contributed by atoms with E-state index in [1.807, 2.05) is 18.2 Å². The fourth-order valence-corrected chi connectivity index (χ4v) is 1.24. The number of carbonyl (C=O) groups is 1. The molecular weight excluding hydrogens is 232 g/mol. The zero-order valence-corrected chi connectivity index (χ0v) is 10.6. The molecule has 1 aromatic carbocycles. The first-order valence-electron chi connectivity index (χ1n) is 5.63. The van der Waals surface area contributed by atoms with Crippen molar-refractivity contribution in [2.45, 2.75) is 6.92 Å². The van der Waals surface area contributed by atoms with Crippen LogP contribution in [0.2, 0.25) is 0 Å². The maximum Gasteiger partial charge on any atom is 0.344 e. The van der Waals surface area contributed by atoms with Crippen molar-refractivity contribution in [2.75, 3.05) is 26.9 Å². The number of para-hydroxylation sites is 1. The van der Waals surface area contributed by atoms with E-state index in [9.17, 15) is 4.79 Å². The van der Waals surface area contributed by atoms with Crippen molar-refractivity contribution in [3.05, 3.63) is 29.8 Å². The van der Waals surface area contributed by atoms with Gasteiger partial charge in [-0.05, 0) is 19.1 Å². The molecule has 0 fully saturated rings. The second-order valence-electron chi connectivity index (χ2n) is 3.32. The molecule has 0 aromatic heterocycles. The number of hydrogen-bond acceptors (Lipinski definition) is 4. The smallest absolute Gasteiger partial charge is 0.344 e. The normalized spacial score (nSPS) is 9.22. The molecule has 96 valence electrons. The maximum atomic E-state index is 11.2. The molecule has 4 heteroatoms. The molecule has 0 bridgehead atoms. The SMILES string of the molecule is CCOC(=O)COc1ccccc1C#CCOC. The summed E-state index contributed by atoms with van der Waals surface area (Å²) in [6.45, 7) is 2.34. The predicted molar refractivity (Wildman–Crippen MR) is 67.3 cm³/mol. The zero-order valence-electron chi connectivity index (χ0n) is 10.6. The number of benzene rings is 1. The van der Waals surface area contributed by atoms with Gasteiger partial charge in [0.1, 0.15) is 12.4 Å². The number of esters is 1. The lowest BCUT2D eigenvalue weighted by molar-refractivity contribution is -0.145. The third kappa shape index (κ3) is 4.89. The summed E-state index contributed by atoms with van der Waals surface area (Å²) in [4.78, 5) is 11.2. The van der Waals surface area contributed by atoms with Crippen molar-refractivity contribution in [1.29, 1.82) is 0 Å². The summed E-state index contributed by atoms with van der Waals surface area (Å²) in [5, 5.41) is 0. The first kappa shape index (κ1) is 14.1. The summed E-state index contributed by atoms with van der Waals surface area (Å²) in [5.41, 5.74) is 0.721. The molecule has 0 aliphatic carbocycles. The van der Waals surface area contributed by atoms with Crippen LogP contribution in [-0.2, 0) is 14.3 Å². The van der Waals surface area contributed by atoms with Crippen LogP contribution in [0.25, 0.3) is 0 Å². The van der Waals surface area contributed by atoms with Crippen LogP contribution in [0.1, 0.15) is 12.5 Å². The van der Waals surface area contributed by atoms with Crippen LogP contribution in [-0.4, -0.2) is 32.9 Å². The van der Waals surface area contributed by atoms with E-state index in [0.717, 1.165) is 5.56 Å². The van der Waals surface area contributed by atoms with E-state index in [4.69, 9.17) is 14.2 Å². The molecule has 0 heterocycles. The highest BCUT2D eigenvalue weighted by Crippen LogP contribution is 2.16. The molecule has 0 atom stereocenters. The number of ether oxygens (including phenoxy) is 3. The number of carbonyl (C=O) groups excluding carboxylic acids is 1. The van der Waals surface area contributed by atoms with Crippen LogP contribution >= 0.6 is 0 Å². The third-order valence-electron chi connectivity index (χ3n) is 1.98. The average molecular weight is 248 g/mol. The van der Waals surface area contributed by atoms with Crippen LogP contribution < -0.4 is 4.74 Å². The first-order chi connectivity index (χ1) is 8.77. The van der Waals surface area contributed by atoms with Gasteiger partial charge in [0.15, 0.2) is 6.61 Å². The van der Waals surface area contributed by atoms with E-state index in [2.05, 4.69) is 11.8 Å². The average Bonchev–Trinajstić information content (AvgIpc) is 2.38. The highest BCUT2D eigenvalue weighted by atomic mass is 16.6. The number of hydrogen-bond donors (Lipinski definition) is 0. The molecule has 0 radical (unpaired) electrons. The summed E-state index contributed by atoms with van der Waals surface area (Å²) in [6, 6.07) is 7.26. The molecule has 0 N–H and O–H groups in total. The molecule has 0 aliphatic rings. The predicted octanol–water partition coefficient (Wildman–Crippen LogP) is 1.63. The summed E-state index contributed by atoms with van der Waals surface area (Å²) < 4.78 is 15.0. The van der Waals surface area contributed by atoms with Gasteiger partial charge in [0.2, 0.25) is 0 Å². The van der Waals surface area contributed by atoms with Crippen LogP contribution in [0.4, 0.5) is 0 Å². The molecule has 0 amide bonds. The summed E-state index contributed by atoms with van der Waals surface area (Å²) in [7, 11) is 1.58. The third-order valence-corrected chi connectivity index (χ3v) is 1.98. The standard InChI is InChI=1S/C14H16O4/c1-3-17-14(15)11-18-13-9-5-4-7-12(13)8-6-10-16-2/h4-5,7,9H,3,10-11H2,1-2H3. The van der Waals surface area contributed by atoms with E-state index in [1.165, 1.54) is 0 Å². The Bertz CT molecular complexity index is 443. The Morgan fingerprint density at radius 3 is 2.83 bits per heavy atom. The quantitative estimate of drug-likeness (QED) is 0.587. The summed E-state index contributed by atoms with van der Waals surface area (Å²) in [5.74, 6) is 5.93. The van der Waals surface area contributed by atoms with Gasteiger partial charge in [-0.25, -0.2) is 4.79 Å². The van der Waals surface area contributed by atoms with Gasteiger partial charge >= 0.3 is 5.97 Å². The molecule has 0 aliphatic heterocycles. The molecule has 4 nitrogen and oxygen atoms in total.